The second kappa shape index (κ2) is 9.52. The van der Waals surface area contributed by atoms with Gasteiger partial charge in [-0.2, -0.15) is 0 Å². The second-order valence-corrected chi connectivity index (χ2v) is 7.46. The summed E-state index contributed by atoms with van der Waals surface area (Å²) in [6.07, 6.45) is 3.58. The van der Waals surface area contributed by atoms with Gasteiger partial charge in [-0.1, -0.05) is 18.2 Å². The van der Waals surface area contributed by atoms with Crippen molar-refractivity contribution in [3.63, 3.8) is 0 Å². The number of anilines is 1. The van der Waals surface area contributed by atoms with Crippen molar-refractivity contribution in [3.05, 3.63) is 53.6 Å². The van der Waals surface area contributed by atoms with Crippen LogP contribution in [-0.4, -0.2) is 38.8 Å². The van der Waals surface area contributed by atoms with E-state index in [1.165, 1.54) is 5.56 Å². The monoisotopic (exact) mass is 408 g/mol. The molecule has 0 spiro atoms. The molecular formula is C23H28N4O3. The van der Waals surface area contributed by atoms with E-state index in [0.717, 1.165) is 61.1 Å². The minimum atomic E-state index is 0.221. The van der Waals surface area contributed by atoms with Crippen LogP contribution in [0.1, 0.15) is 30.4 Å². The average Bonchev–Trinajstić information content (AvgIpc) is 3.25. The van der Waals surface area contributed by atoms with Gasteiger partial charge in [0.05, 0.1) is 0 Å². The van der Waals surface area contributed by atoms with Gasteiger partial charge in [-0.3, -0.25) is 9.79 Å². The Morgan fingerprint density at radius 1 is 1.03 bits per heavy atom. The van der Waals surface area contributed by atoms with Gasteiger partial charge in [-0.15, -0.1) is 0 Å². The molecule has 1 fully saturated rings. The van der Waals surface area contributed by atoms with Crippen molar-refractivity contribution in [2.45, 2.75) is 32.2 Å². The van der Waals surface area contributed by atoms with Crippen LogP contribution < -0.4 is 25.0 Å². The molecule has 2 aromatic rings. The van der Waals surface area contributed by atoms with Crippen LogP contribution in [0.4, 0.5) is 5.69 Å². The van der Waals surface area contributed by atoms with Gasteiger partial charge in [-0.25, -0.2) is 0 Å². The van der Waals surface area contributed by atoms with Gasteiger partial charge in [-0.05, 0) is 54.7 Å². The molecule has 2 aromatic carbocycles. The van der Waals surface area contributed by atoms with Gasteiger partial charge in [0.25, 0.3) is 0 Å². The van der Waals surface area contributed by atoms with E-state index >= 15 is 0 Å². The highest BCUT2D eigenvalue weighted by atomic mass is 16.7. The Morgan fingerprint density at radius 2 is 1.83 bits per heavy atom. The highest BCUT2D eigenvalue weighted by molar-refractivity contribution is 5.93. The van der Waals surface area contributed by atoms with Crippen molar-refractivity contribution in [2.24, 2.45) is 4.99 Å². The van der Waals surface area contributed by atoms with Gasteiger partial charge in [0, 0.05) is 38.8 Å². The number of hydrogen-bond acceptors (Lipinski definition) is 4. The molecule has 0 bridgehead atoms. The number of rotatable bonds is 6. The van der Waals surface area contributed by atoms with Crippen LogP contribution in [0.25, 0.3) is 0 Å². The maximum absolute atomic E-state index is 12.1. The summed E-state index contributed by atoms with van der Waals surface area (Å²) < 4.78 is 10.8. The molecule has 2 aliphatic heterocycles. The van der Waals surface area contributed by atoms with Crippen LogP contribution in [0.3, 0.4) is 0 Å². The Kier molecular flexibility index (Phi) is 6.37. The molecule has 0 radical (unpaired) electrons. The van der Waals surface area contributed by atoms with Gasteiger partial charge in [0.15, 0.2) is 17.5 Å². The summed E-state index contributed by atoms with van der Waals surface area (Å²) in [5.74, 6) is 2.59. The lowest BCUT2D eigenvalue weighted by molar-refractivity contribution is -0.119. The minimum absolute atomic E-state index is 0.221. The third-order valence-corrected chi connectivity index (χ3v) is 5.40. The van der Waals surface area contributed by atoms with Crippen molar-refractivity contribution >= 4 is 17.6 Å². The Labute approximate surface area is 177 Å². The lowest BCUT2D eigenvalue weighted by Gasteiger charge is -2.26. The molecule has 0 aromatic heterocycles. The molecule has 1 amide bonds. The average molecular weight is 409 g/mol. The molecule has 4 rings (SSSR count). The van der Waals surface area contributed by atoms with Gasteiger partial charge in [0.1, 0.15) is 0 Å². The number of nitrogens with one attached hydrogen (secondary N) is 2. The van der Waals surface area contributed by atoms with E-state index in [0.29, 0.717) is 19.8 Å². The fraction of sp³-hybridized carbons (Fsp3) is 0.391. The van der Waals surface area contributed by atoms with Crippen molar-refractivity contribution in [2.75, 3.05) is 31.8 Å². The number of piperidine rings is 1. The summed E-state index contributed by atoms with van der Waals surface area (Å²) in [4.78, 5) is 18.2. The van der Waals surface area contributed by atoms with Gasteiger partial charge in [0.2, 0.25) is 12.7 Å². The highest BCUT2D eigenvalue weighted by Crippen LogP contribution is 2.32. The maximum atomic E-state index is 12.1. The van der Waals surface area contributed by atoms with Crippen molar-refractivity contribution in [3.8, 4) is 11.5 Å². The van der Waals surface area contributed by atoms with Crippen molar-refractivity contribution in [1.29, 1.82) is 0 Å². The smallest absolute Gasteiger partial charge is 0.231 e. The Hall–Kier alpha value is -3.22. The first kappa shape index (κ1) is 20.1. The number of benzene rings is 2. The Morgan fingerprint density at radius 3 is 2.63 bits per heavy atom. The molecule has 158 valence electrons. The summed E-state index contributed by atoms with van der Waals surface area (Å²) in [7, 11) is 1.76. The molecule has 2 heterocycles. The fourth-order valence-electron chi connectivity index (χ4n) is 3.70. The van der Waals surface area contributed by atoms with Crippen LogP contribution in [0.5, 0.6) is 11.5 Å². The van der Waals surface area contributed by atoms with Crippen molar-refractivity contribution < 1.29 is 14.3 Å². The predicted molar refractivity (Wildman–Crippen MR) is 117 cm³/mol. The van der Waals surface area contributed by atoms with E-state index in [1.54, 1.807) is 7.05 Å². The van der Waals surface area contributed by atoms with Crippen LogP contribution in [-0.2, 0) is 17.8 Å². The van der Waals surface area contributed by atoms with Gasteiger partial charge < -0.3 is 25.0 Å². The zero-order chi connectivity index (χ0) is 20.8. The van der Waals surface area contributed by atoms with E-state index in [1.807, 2.05) is 29.2 Å². The Balaban J connectivity index is 1.23. The molecule has 2 aliphatic rings. The molecule has 0 unspecified atom stereocenters. The van der Waals surface area contributed by atoms with Crippen LogP contribution >= 0.6 is 0 Å². The number of nitrogens with zero attached hydrogens (tertiary/aromatic N) is 2. The normalized spacial score (nSPS) is 16.0. The number of amides is 1. The zero-order valence-corrected chi connectivity index (χ0v) is 17.3. The summed E-state index contributed by atoms with van der Waals surface area (Å²) >= 11 is 0. The molecule has 30 heavy (non-hydrogen) atoms. The van der Waals surface area contributed by atoms with Crippen LogP contribution in [0, 0.1) is 0 Å². The van der Waals surface area contributed by atoms with E-state index in [9.17, 15) is 4.79 Å². The predicted octanol–water partition coefficient (Wildman–Crippen LogP) is 2.84. The molecule has 1 saturated heterocycles. The van der Waals surface area contributed by atoms with E-state index in [-0.39, 0.29) is 5.91 Å². The molecule has 7 nitrogen and oxygen atoms in total. The quantitative estimate of drug-likeness (QED) is 0.568. The first-order valence-electron chi connectivity index (χ1n) is 10.5. The summed E-state index contributed by atoms with van der Waals surface area (Å²) in [5.41, 5.74) is 3.31. The lowest BCUT2D eigenvalue weighted by atomic mass is 10.1. The minimum Gasteiger partial charge on any atom is -0.454 e. The van der Waals surface area contributed by atoms with Gasteiger partial charge >= 0.3 is 0 Å². The first-order valence-corrected chi connectivity index (χ1v) is 10.5. The lowest BCUT2D eigenvalue weighted by Crippen LogP contribution is -2.38. The number of fused-ring (bicyclic) bond motifs is 1. The number of hydrogen-bond donors (Lipinski definition) is 2. The maximum Gasteiger partial charge on any atom is 0.231 e. The largest absolute Gasteiger partial charge is 0.454 e. The van der Waals surface area contributed by atoms with Crippen molar-refractivity contribution in [1.82, 2.24) is 10.6 Å². The molecule has 0 atom stereocenters. The summed E-state index contributed by atoms with van der Waals surface area (Å²) in [5, 5.41) is 6.67. The number of aliphatic imine (C=N–C) groups is 1. The highest BCUT2D eigenvalue weighted by Gasteiger charge is 2.19. The molecule has 2 N–H and O–H groups in total. The van der Waals surface area contributed by atoms with E-state index in [4.69, 9.17) is 9.47 Å². The summed E-state index contributed by atoms with van der Waals surface area (Å²) in [6.45, 7) is 2.53. The number of carbonyl (C=O) groups excluding carboxylic acids is 1. The topological polar surface area (TPSA) is 75.2 Å². The van der Waals surface area contributed by atoms with E-state index < -0.39 is 0 Å². The van der Waals surface area contributed by atoms with Crippen LogP contribution in [0.2, 0.25) is 0 Å². The third kappa shape index (κ3) is 4.84. The third-order valence-electron chi connectivity index (χ3n) is 5.40. The summed E-state index contributed by atoms with van der Waals surface area (Å²) in [6, 6.07) is 14.2. The number of carbonyl (C=O) groups is 1. The van der Waals surface area contributed by atoms with Crippen LogP contribution in [0.15, 0.2) is 47.5 Å². The number of guanidine groups is 1. The molecule has 7 heteroatoms. The second-order valence-electron chi connectivity index (χ2n) is 7.46. The fourth-order valence-corrected chi connectivity index (χ4v) is 3.70. The standard InChI is InChI=1S/C23H28N4O3/c1-24-23(25-12-11-17-7-10-20-21(14-17)30-16-29-20)26-15-18-5-8-19(9-6-18)27-13-3-2-4-22(27)28/h5-10,14H,2-4,11-13,15-16H2,1H3,(H2,24,25,26). The molecule has 0 saturated carbocycles. The van der Waals surface area contributed by atoms with E-state index in [2.05, 4.69) is 33.8 Å². The first-order chi connectivity index (χ1) is 14.7. The Bertz CT molecular complexity index is 911. The number of ether oxygens (including phenoxy) is 2. The molecule has 0 aliphatic carbocycles. The zero-order valence-electron chi connectivity index (χ0n) is 17.3. The SMILES string of the molecule is CN=C(NCCc1ccc2c(c1)OCO2)NCc1ccc(N2CCCCC2=O)cc1. The molecular weight excluding hydrogens is 380 g/mol.